The maximum Gasteiger partial charge on any atom is 0.253 e. The molecule has 0 fully saturated rings. The van der Waals surface area contributed by atoms with Gasteiger partial charge in [-0.1, -0.05) is 0 Å². The molecular weight excluding hydrogens is 278 g/mol. The SMILES string of the molecule is COc1ccc(-c2nc3ccc(C(=O)N(C)C)cc3[nH]2)cc1. The van der Waals surface area contributed by atoms with Crippen molar-refractivity contribution in [1.29, 1.82) is 0 Å². The predicted molar refractivity (Wildman–Crippen MR) is 86.1 cm³/mol. The summed E-state index contributed by atoms with van der Waals surface area (Å²) < 4.78 is 5.16. The third-order valence-electron chi connectivity index (χ3n) is 3.50. The van der Waals surface area contributed by atoms with Crippen LogP contribution in [0, 0.1) is 0 Å². The highest BCUT2D eigenvalue weighted by atomic mass is 16.5. The number of fused-ring (bicyclic) bond motifs is 1. The second kappa shape index (κ2) is 5.52. The first-order valence-corrected chi connectivity index (χ1v) is 6.94. The minimum atomic E-state index is -0.0255. The smallest absolute Gasteiger partial charge is 0.253 e. The molecule has 1 amide bonds. The standard InChI is InChI=1S/C17H17N3O2/c1-20(2)17(21)12-6-9-14-15(10-12)19-16(18-14)11-4-7-13(22-3)8-5-11/h4-10H,1-3H3,(H,18,19). The average Bonchev–Trinajstić information content (AvgIpc) is 2.97. The van der Waals surface area contributed by atoms with Gasteiger partial charge in [0.1, 0.15) is 11.6 Å². The Morgan fingerprint density at radius 1 is 1.14 bits per heavy atom. The van der Waals surface area contributed by atoms with Crippen LogP contribution in [-0.4, -0.2) is 42.0 Å². The van der Waals surface area contributed by atoms with E-state index in [1.54, 1.807) is 32.2 Å². The van der Waals surface area contributed by atoms with Gasteiger partial charge in [-0.3, -0.25) is 4.79 Å². The average molecular weight is 295 g/mol. The van der Waals surface area contributed by atoms with Crippen LogP contribution in [0.4, 0.5) is 0 Å². The summed E-state index contributed by atoms with van der Waals surface area (Å²) in [4.78, 5) is 21.4. The van der Waals surface area contributed by atoms with E-state index >= 15 is 0 Å². The number of rotatable bonds is 3. The Hall–Kier alpha value is -2.82. The molecule has 3 rings (SSSR count). The summed E-state index contributed by atoms with van der Waals surface area (Å²) in [7, 11) is 5.12. The van der Waals surface area contributed by atoms with Gasteiger partial charge < -0.3 is 14.6 Å². The van der Waals surface area contributed by atoms with Crippen LogP contribution in [0.25, 0.3) is 22.4 Å². The summed E-state index contributed by atoms with van der Waals surface area (Å²) in [6.07, 6.45) is 0. The minimum Gasteiger partial charge on any atom is -0.497 e. The second-order valence-corrected chi connectivity index (χ2v) is 5.25. The number of imidazole rings is 1. The normalized spacial score (nSPS) is 10.7. The van der Waals surface area contributed by atoms with E-state index in [2.05, 4.69) is 9.97 Å². The summed E-state index contributed by atoms with van der Waals surface area (Å²) in [6, 6.07) is 13.2. The zero-order valence-electron chi connectivity index (χ0n) is 12.8. The number of hydrogen-bond acceptors (Lipinski definition) is 3. The van der Waals surface area contributed by atoms with Crippen molar-refractivity contribution in [3.63, 3.8) is 0 Å². The third kappa shape index (κ3) is 2.53. The van der Waals surface area contributed by atoms with Gasteiger partial charge in [0.15, 0.2) is 0 Å². The van der Waals surface area contributed by atoms with Gasteiger partial charge in [-0.15, -0.1) is 0 Å². The molecule has 0 aliphatic heterocycles. The van der Waals surface area contributed by atoms with Crippen molar-refractivity contribution in [2.24, 2.45) is 0 Å². The Kier molecular flexibility index (Phi) is 3.55. The van der Waals surface area contributed by atoms with Crippen molar-refractivity contribution in [2.45, 2.75) is 0 Å². The van der Waals surface area contributed by atoms with Crippen LogP contribution >= 0.6 is 0 Å². The molecule has 2 aromatic carbocycles. The van der Waals surface area contributed by atoms with E-state index < -0.39 is 0 Å². The summed E-state index contributed by atoms with van der Waals surface area (Å²) in [6.45, 7) is 0. The van der Waals surface area contributed by atoms with E-state index in [9.17, 15) is 4.79 Å². The number of nitrogens with zero attached hydrogens (tertiary/aromatic N) is 2. The molecule has 0 saturated heterocycles. The molecule has 0 radical (unpaired) electrons. The number of amides is 1. The van der Waals surface area contributed by atoms with Gasteiger partial charge >= 0.3 is 0 Å². The van der Waals surface area contributed by atoms with E-state index in [4.69, 9.17) is 4.74 Å². The number of methoxy groups -OCH3 is 1. The van der Waals surface area contributed by atoms with Crippen molar-refractivity contribution in [3.05, 3.63) is 48.0 Å². The zero-order chi connectivity index (χ0) is 15.7. The number of carbonyl (C=O) groups excluding carboxylic acids is 1. The first-order valence-electron chi connectivity index (χ1n) is 6.94. The first-order chi connectivity index (χ1) is 10.6. The molecular formula is C17H17N3O2. The number of benzene rings is 2. The maximum atomic E-state index is 12.0. The molecule has 3 aromatic rings. The summed E-state index contributed by atoms with van der Waals surface area (Å²) in [5, 5.41) is 0. The molecule has 0 bridgehead atoms. The Bertz CT molecular complexity index is 820. The number of H-pyrrole nitrogens is 1. The van der Waals surface area contributed by atoms with Gasteiger partial charge in [0, 0.05) is 25.2 Å². The fourth-order valence-corrected chi connectivity index (χ4v) is 2.29. The molecule has 0 spiro atoms. The summed E-state index contributed by atoms with van der Waals surface area (Å²) in [5.74, 6) is 1.55. The van der Waals surface area contributed by atoms with Crippen molar-refractivity contribution in [2.75, 3.05) is 21.2 Å². The van der Waals surface area contributed by atoms with Gasteiger partial charge in [0.2, 0.25) is 0 Å². The van der Waals surface area contributed by atoms with E-state index in [0.29, 0.717) is 5.56 Å². The lowest BCUT2D eigenvalue weighted by Crippen LogP contribution is -2.21. The van der Waals surface area contributed by atoms with Crippen LogP contribution in [0.1, 0.15) is 10.4 Å². The quantitative estimate of drug-likeness (QED) is 0.808. The van der Waals surface area contributed by atoms with Crippen LogP contribution in [0.3, 0.4) is 0 Å². The predicted octanol–water partition coefficient (Wildman–Crippen LogP) is 2.94. The molecule has 112 valence electrons. The highest BCUT2D eigenvalue weighted by Gasteiger charge is 2.11. The van der Waals surface area contributed by atoms with Crippen molar-refractivity contribution in [3.8, 4) is 17.1 Å². The van der Waals surface area contributed by atoms with E-state index in [0.717, 1.165) is 28.2 Å². The minimum absolute atomic E-state index is 0.0255. The van der Waals surface area contributed by atoms with Crippen molar-refractivity contribution < 1.29 is 9.53 Å². The van der Waals surface area contributed by atoms with Crippen LogP contribution in [0.2, 0.25) is 0 Å². The maximum absolute atomic E-state index is 12.0. The number of aromatic amines is 1. The second-order valence-electron chi connectivity index (χ2n) is 5.25. The number of nitrogens with one attached hydrogen (secondary N) is 1. The van der Waals surface area contributed by atoms with Gasteiger partial charge in [0.05, 0.1) is 18.1 Å². The molecule has 22 heavy (non-hydrogen) atoms. The van der Waals surface area contributed by atoms with Crippen LogP contribution in [0.15, 0.2) is 42.5 Å². The monoisotopic (exact) mass is 295 g/mol. The van der Waals surface area contributed by atoms with Gasteiger partial charge in [-0.25, -0.2) is 4.98 Å². The van der Waals surface area contributed by atoms with Crippen LogP contribution < -0.4 is 4.74 Å². The molecule has 0 saturated carbocycles. The third-order valence-corrected chi connectivity index (χ3v) is 3.50. The number of ether oxygens (including phenoxy) is 1. The highest BCUT2D eigenvalue weighted by molar-refractivity contribution is 5.97. The number of aromatic nitrogens is 2. The van der Waals surface area contributed by atoms with E-state index in [1.807, 2.05) is 36.4 Å². The molecule has 1 N–H and O–H groups in total. The van der Waals surface area contributed by atoms with E-state index in [-0.39, 0.29) is 5.91 Å². The molecule has 5 heteroatoms. The Balaban J connectivity index is 2.00. The molecule has 0 aliphatic rings. The Morgan fingerprint density at radius 2 is 1.86 bits per heavy atom. The molecule has 0 aliphatic carbocycles. The molecule has 5 nitrogen and oxygen atoms in total. The fourth-order valence-electron chi connectivity index (χ4n) is 2.29. The highest BCUT2D eigenvalue weighted by Crippen LogP contribution is 2.23. The summed E-state index contributed by atoms with van der Waals surface area (Å²) >= 11 is 0. The number of carbonyl (C=O) groups is 1. The Morgan fingerprint density at radius 3 is 2.50 bits per heavy atom. The van der Waals surface area contributed by atoms with E-state index in [1.165, 1.54) is 0 Å². The van der Waals surface area contributed by atoms with Gasteiger partial charge in [-0.2, -0.15) is 0 Å². The van der Waals surface area contributed by atoms with Crippen LogP contribution in [0.5, 0.6) is 5.75 Å². The van der Waals surface area contributed by atoms with Crippen molar-refractivity contribution in [1.82, 2.24) is 14.9 Å². The van der Waals surface area contributed by atoms with Crippen molar-refractivity contribution >= 4 is 16.9 Å². The zero-order valence-corrected chi connectivity index (χ0v) is 12.8. The molecule has 0 unspecified atom stereocenters. The lowest BCUT2D eigenvalue weighted by atomic mass is 10.2. The molecule has 1 heterocycles. The van der Waals surface area contributed by atoms with Crippen LogP contribution in [-0.2, 0) is 0 Å². The number of hydrogen-bond donors (Lipinski definition) is 1. The topological polar surface area (TPSA) is 58.2 Å². The lowest BCUT2D eigenvalue weighted by molar-refractivity contribution is 0.0828. The molecule has 0 atom stereocenters. The lowest BCUT2D eigenvalue weighted by Gasteiger charge is -2.09. The first kappa shape index (κ1) is 14.1. The fraction of sp³-hybridized carbons (Fsp3) is 0.176. The van der Waals surface area contributed by atoms with Gasteiger partial charge in [-0.05, 0) is 42.5 Å². The largest absolute Gasteiger partial charge is 0.497 e. The summed E-state index contributed by atoms with van der Waals surface area (Å²) in [5.41, 5.74) is 3.29. The Labute approximate surface area is 128 Å². The van der Waals surface area contributed by atoms with Gasteiger partial charge in [0.25, 0.3) is 5.91 Å². The molecule has 1 aromatic heterocycles.